The third-order valence-electron chi connectivity index (χ3n) is 2.62. The summed E-state index contributed by atoms with van der Waals surface area (Å²) in [5.41, 5.74) is 2.96. The number of Topliss-reactive ketones (excluding diaryl/α,β-unsaturated/α-hetero) is 1. The lowest BCUT2D eigenvalue weighted by Gasteiger charge is -2.01. The zero-order chi connectivity index (χ0) is 9.59. The number of carbonyl (C=O) groups excluding carboxylic acids is 1. The Balaban J connectivity index is 2.59. The molecule has 0 bridgehead atoms. The average Bonchev–Trinajstić information content (AvgIpc) is 2.32. The zero-order valence-electron chi connectivity index (χ0n) is 7.73. The summed E-state index contributed by atoms with van der Waals surface area (Å²) in [4.78, 5) is 11.6. The molecule has 2 rings (SSSR count). The van der Waals surface area contributed by atoms with Crippen molar-refractivity contribution in [3.63, 3.8) is 0 Å². The first-order chi connectivity index (χ1) is 6.09. The lowest BCUT2D eigenvalue weighted by Crippen LogP contribution is -2.02. The van der Waals surface area contributed by atoms with Gasteiger partial charge in [0.1, 0.15) is 0 Å². The molecular weight excluding hydrogens is 184 g/mol. The minimum Gasteiger partial charge on any atom is -0.294 e. The van der Waals surface area contributed by atoms with E-state index in [1.54, 1.807) is 0 Å². The third kappa shape index (κ3) is 1.28. The van der Waals surface area contributed by atoms with Crippen LogP contribution in [0, 0.1) is 12.8 Å². The number of ketones is 1. The summed E-state index contributed by atoms with van der Waals surface area (Å²) < 4.78 is 0. The van der Waals surface area contributed by atoms with Gasteiger partial charge in [-0.15, -0.1) is 0 Å². The second kappa shape index (κ2) is 2.85. The quantitative estimate of drug-likeness (QED) is 0.621. The van der Waals surface area contributed by atoms with Crippen LogP contribution in [0.5, 0.6) is 0 Å². The van der Waals surface area contributed by atoms with Gasteiger partial charge in [-0.3, -0.25) is 4.79 Å². The van der Waals surface area contributed by atoms with Gasteiger partial charge in [0.05, 0.1) is 0 Å². The summed E-state index contributed by atoms with van der Waals surface area (Å²) in [6, 6.07) is 3.83. The van der Waals surface area contributed by atoms with Crippen molar-refractivity contribution in [2.75, 3.05) is 0 Å². The van der Waals surface area contributed by atoms with Crippen molar-refractivity contribution in [1.29, 1.82) is 0 Å². The summed E-state index contributed by atoms with van der Waals surface area (Å²) in [6.07, 6.45) is 0.841. The monoisotopic (exact) mass is 194 g/mol. The van der Waals surface area contributed by atoms with Crippen LogP contribution in [-0.4, -0.2) is 5.78 Å². The summed E-state index contributed by atoms with van der Waals surface area (Å²) >= 11 is 5.98. The van der Waals surface area contributed by atoms with E-state index in [9.17, 15) is 4.79 Å². The average molecular weight is 195 g/mol. The highest BCUT2D eigenvalue weighted by atomic mass is 35.5. The maximum Gasteiger partial charge on any atom is 0.166 e. The van der Waals surface area contributed by atoms with E-state index in [2.05, 4.69) is 0 Å². The summed E-state index contributed by atoms with van der Waals surface area (Å²) in [5, 5.41) is 0.764. The molecule has 0 amide bonds. The van der Waals surface area contributed by atoms with Crippen molar-refractivity contribution in [1.82, 2.24) is 0 Å². The topological polar surface area (TPSA) is 17.1 Å². The predicted molar refractivity (Wildman–Crippen MR) is 53.4 cm³/mol. The highest BCUT2D eigenvalue weighted by Crippen LogP contribution is 2.30. The Kier molecular flexibility index (Phi) is 1.92. The summed E-state index contributed by atoms with van der Waals surface area (Å²) in [6.45, 7) is 3.89. The largest absolute Gasteiger partial charge is 0.294 e. The Morgan fingerprint density at radius 3 is 2.85 bits per heavy atom. The van der Waals surface area contributed by atoms with Gasteiger partial charge in [0.25, 0.3) is 0 Å². The van der Waals surface area contributed by atoms with Crippen LogP contribution in [0.1, 0.15) is 28.4 Å². The van der Waals surface area contributed by atoms with Crippen LogP contribution in [-0.2, 0) is 6.42 Å². The van der Waals surface area contributed by atoms with Crippen LogP contribution in [0.15, 0.2) is 12.1 Å². The fraction of sp³-hybridized carbons (Fsp3) is 0.364. The number of benzene rings is 1. The number of carbonyl (C=O) groups is 1. The Bertz CT molecular complexity index is 382. The maximum absolute atomic E-state index is 11.6. The van der Waals surface area contributed by atoms with Gasteiger partial charge in [-0.2, -0.15) is 0 Å². The highest BCUT2D eigenvalue weighted by molar-refractivity contribution is 6.31. The van der Waals surface area contributed by atoms with E-state index in [-0.39, 0.29) is 11.7 Å². The van der Waals surface area contributed by atoms with E-state index in [1.807, 2.05) is 26.0 Å². The van der Waals surface area contributed by atoms with Crippen molar-refractivity contribution in [2.24, 2.45) is 5.92 Å². The molecule has 0 saturated carbocycles. The van der Waals surface area contributed by atoms with Gasteiger partial charge in [-0.25, -0.2) is 0 Å². The SMILES string of the molecule is Cc1cc2c(cc1Cl)CC(C)C2=O. The molecule has 1 aromatic carbocycles. The first-order valence-corrected chi connectivity index (χ1v) is 4.80. The van der Waals surface area contributed by atoms with Crippen molar-refractivity contribution in [3.05, 3.63) is 33.8 Å². The van der Waals surface area contributed by atoms with Gasteiger partial charge in [0.2, 0.25) is 0 Å². The third-order valence-corrected chi connectivity index (χ3v) is 3.03. The Morgan fingerprint density at radius 1 is 1.46 bits per heavy atom. The molecule has 0 spiro atoms. The number of fused-ring (bicyclic) bond motifs is 1. The molecule has 1 nitrogen and oxygen atoms in total. The Hall–Kier alpha value is -0.820. The van der Waals surface area contributed by atoms with Gasteiger partial charge < -0.3 is 0 Å². The van der Waals surface area contributed by atoms with Crippen molar-refractivity contribution >= 4 is 17.4 Å². The molecule has 0 fully saturated rings. The van der Waals surface area contributed by atoms with Crippen LogP contribution in [0.3, 0.4) is 0 Å². The molecule has 0 radical (unpaired) electrons. The smallest absolute Gasteiger partial charge is 0.166 e. The molecule has 1 aromatic rings. The first-order valence-electron chi connectivity index (χ1n) is 4.43. The zero-order valence-corrected chi connectivity index (χ0v) is 8.48. The molecule has 13 heavy (non-hydrogen) atoms. The van der Waals surface area contributed by atoms with Gasteiger partial charge in [0.15, 0.2) is 5.78 Å². The lowest BCUT2D eigenvalue weighted by atomic mass is 10.1. The van der Waals surface area contributed by atoms with E-state index < -0.39 is 0 Å². The fourth-order valence-electron chi connectivity index (χ4n) is 1.81. The Labute approximate surface area is 82.7 Å². The van der Waals surface area contributed by atoms with Gasteiger partial charge in [0, 0.05) is 16.5 Å². The normalized spacial score (nSPS) is 20.5. The molecule has 1 atom stereocenters. The number of hydrogen-bond donors (Lipinski definition) is 0. The first kappa shape index (κ1) is 8.76. The number of halogens is 1. The molecule has 1 aliphatic carbocycles. The van der Waals surface area contributed by atoms with E-state index in [0.29, 0.717) is 0 Å². The number of rotatable bonds is 0. The minimum absolute atomic E-state index is 0.132. The molecule has 1 aliphatic rings. The summed E-state index contributed by atoms with van der Waals surface area (Å²) in [5.74, 6) is 0.391. The fourth-order valence-corrected chi connectivity index (χ4v) is 2.00. The van der Waals surface area contributed by atoms with E-state index >= 15 is 0 Å². The molecule has 0 heterocycles. The molecule has 1 unspecified atom stereocenters. The molecule has 0 aliphatic heterocycles. The molecule has 0 saturated heterocycles. The molecule has 68 valence electrons. The van der Waals surface area contributed by atoms with Gasteiger partial charge in [-0.05, 0) is 36.6 Å². The highest BCUT2D eigenvalue weighted by Gasteiger charge is 2.27. The van der Waals surface area contributed by atoms with Gasteiger partial charge >= 0.3 is 0 Å². The summed E-state index contributed by atoms with van der Waals surface area (Å²) in [7, 11) is 0. The molecule has 0 aromatic heterocycles. The molecular formula is C11H11ClO. The van der Waals surface area contributed by atoms with E-state index in [1.165, 1.54) is 0 Å². The van der Waals surface area contributed by atoms with E-state index in [0.717, 1.165) is 28.1 Å². The number of hydrogen-bond acceptors (Lipinski definition) is 1. The van der Waals surface area contributed by atoms with Crippen molar-refractivity contribution in [2.45, 2.75) is 20.3 Å². The van der Waals surface area contributed by atoms with Crippen LogP contribution < -0.4 is 0 Å². The van der Waals surface area contributed by atoms with Crippen LogP contribution in [0.4, 0.5) is 0 Å². The lowest BCUT2D eigenvalue weighted by molar-refractivity contribution is 0.0946. The van der Waals surface area contributed by atoms with E-state index in [4.69, 9.17) is 11.6 Å². The predicted octanol–water partition coefficient (Wildman–Crippen LogP) is 3.02. The Morgan fingerprint density at radius 2 is 2.15 bits per heavy atom. The van der Waals surface area contributed by atoms with Crippen LogP contribution >= 0.6 is 11.6 Å². The van der Waals surface area contributed by atoms with Gasteiger partial charge in [-0.1, -0.05) is 18.5 Å². The van der Waals surface area contributed by atoms with Crippen LogP contribution in [0.2, 0.25) is 5.02 Å². The number of aryl methyl sites for hydroxylation is 1. The molecule has 2 heteroatoms. The van der Waals surface area contributed by atoms with Crippen molar-refractivity contribution in [3.8, 4) is 0 Å². The van der Waals surface area contributed by atoms with Crippen molar-refractivity contribution < 1.29 is 4.79 Å². The maximum atomic E-state index is 11.6. The standard InChI is InChI=1S/C11H11ClO/c1-6-4-9-8(5-10(6)12)3-7(2)11(9)13/h4-5,7H,3H2,1-2H3. The minimum atomic E-state index is 0.132. The van der Waals surface area contributed by atoms with Crippen LogP contribution in [0.25, 0.3) is 0 Å². The molecule has 0 N–H and O–H groups in total. The second-order valence-corrected chi connectivity index (χ2v) is 4.14. The second-order valence-electron chi connectivity index (χ2n) is 3.73.